The number of anilines is 1. The van der Waals surface area contributed by atoms with Crippen LogP contribution in [0.15, 0.2) is 30.5 Å². The molecular weight excluding hydrogens is 406 g/mol. The summed E-state index contributed by atoms with van der Waals surface area (Å²) in [6, 6.07) is 8.05. The first-order valence-electron chi connectivity index (χ1n) is 11.1. The molecule has 0 spiro atoms. The summed E-state index contributed by atoms with van der Waals surface area (Å²) < 4.78 is 5.20. The lowest BCUT2D eigenvalue weighted by Crippen LogP contribution is -2.36. The summed E-state index contributed by atoms with van der Waals surface area (Å²) in [5.74, 6) is 0.523. The highest BCUT2D eigenvalue weighted by atomic mass is 16.6. The van der Waals surface area contributed by atoms with Crippen LogP contribution < -0.4 is 10.1 Å². The highest BCUT2D eigenvalue weighted by Crippen LogP contribution is 2.36. The molecule has 0 atom stereocenters. The van der Waals surface area contributed by atoms with Gasteiger partial charge in [0.15, 0.2) is 0 Å². The number of carbonyl (C=O) groups excluding carboxylic acids is 2. The molecule has 0 saturated carbocycles. The topological polar surface area (TPSA) is 111 Å². The number of carbonyl (C=O) groups is 2. The van der Waals surface area contributed by atoms with E-state index in [9.17, 15) is 9.59 Å². The molecular formula is C24H27N5O3. The van der Waals surface area contributed by atoms with E-state index in [4.69, 9.17) is 10.00 Å². The predicted octanol–water partition coefficient (Wildman–Crippen LogP) is 4.58. The molecule has 1 saturated heterocycles. The van der Waals surface area contributed by atoms with Crippen LogP contribution in [0.1, 0.15) is 68.2 Å². The number of imidazole rings is 1. The molecule has 2 aliphatic rings. The number of rotatable bonds is 4. The van der Waals surface area contributed by atoms with Crippen molar-refractivity contribution in [3.05, 3.63) is 47.3 Å². The summed E-state index contributed by atoms with van der Waals surface area (Å²) in [5.41, 5.74) is 4.41. The number of nitriles is 1. The van der Waals surface area contributed by atoms with Gasteiger partial charge in [0.1, 0.15) is 11.8 Å². The van der Waals surface area contributed by atoms with Gasteiger partial charge < -0.3 is 9.64 Å². The molecule has 2 N–H and O–H groups in total. The predicted molar refractivity (Wildman–Crippen MR) is 120 cm³/mol. The van der Waals surface area contributed by atoms with Gasteiger partial charge in [-0.3, -0.25) is 15.1 Å². The van der Waals surface area contributed by atoms with Crippen LogP contribution in [0, 0.1) is 11.3 Å². The van der Waals surface area contributed by atoms with E-state index >= 15 is 0 Å². The Kier molecular flexibility index (Phi) is 6.55. The zero-order valence-electron chi connectivity index (χ0n) is 18.2. The van der Waals surface area contributed by atoms with Crippen LogP contribution in [-0.2, 0) is 4.79 Å². The van der Waals surface area contributed by atoms with Gasteiger partial charge in [-0.05, 0) is 67.7 Å². The summed E-state index contributed by atoms with van der Waals surface area (Å²) in [7, 11) is 0. The molecule has 0 bridgehead atoms. The Morgan fingerprint density at radius 3 is 2.75 bits per heavy atom. The summed E-state index contributed by atoms with van der Waals surface area (Å²) in [6.45, 7) is 3.17. The van der Waals surface area contributed by atoms with Gasteiger partial charge in [0.25, 0.3) is 0 Å². The molecule has 1 aromatic heterocycles. The first-order chi connectivity index (χ1) is 15.5. The van der Waals surface area contributed by atoms with E-state index in [1.54, 1.807) is 6.92 Å². The van der Waals surface area contributed by atoms with Crippen LogP contribution in [0.4, 0.5) is 10.5 Å². The van der Waals surface area contributed by atoms with Gasteiger partial charge in [0.2, 0.25) is 5.91 Å². The number of nitrogens with one attached hydrogen (secondary N) is 2. The van der Waals surface area contributed by atoms with E-state index in [-0.39, 0.29) is 17.6 Å². The molecule has 1 fully saturated rings. The van der Waals surface area contributed by atoms with Crippen molar-refractivity contribution in [3.63, 3.8) is 0 Å². The molecule has 0 unspecified atom stereocenters. The molecule has 1 aliphatic heterocycles. The third-order valence-corrected chi connectivity index (χ3v) is 6.19. The average molecular weight is 434 g/mol. The highest BCUT2D eigenvalue weighted by Gasteiger charge is 2.23. The van der Waals surface area contributed by atoms with E-state index in [0.717, 1.165) is 50.8 Å². The number of aromatic nitrogens is 2. The normalized spacial score (nSPS) is 16.8. The molecule has 0 radical (unpaired) electrons. The second-order valence-corrected chi connectivity index (χ2v) is 8.29. The minimum absolute atomic E-state index is 0.0219. The second kappa shape index (κ2) is 9.69. The van der Waals surface area contributed by atoms with E-state index in [1.807, 2.05) is 17.0 Å². The summed E-state index contributed by atoms with van der Waals surface area (Å²) in [4.78, 5) is 32.5. The zero-order chi connectivity index (χ0) is 22.5. The van der Waals surface area contributed by atoms with Crippen LogP contribution >= 0.6 is 0 Å². The molecule has 1 aromatic carbocycles. The maximum absolute atomic E-state index is 12.5. The summed E-state index contributed by atoms with van der Waals surface area (Å²) in [6.07, 6.45) is 9.08. The van der Waals surface area contributed by atoms with Gasteiger partial charge in [0, 0.05) is 25.6 Å². The van der Waals surface area contributed by atoms with Gasteiger partial charge >= 0.3 is 12.1 Å². The SMILES string of the molecule is CC(=O)N1CCC(c2ccc(NC(=O)Oc3ncc(C#N)[nH]3)c(C3=CCCCC3)c2)CC1. The number of hydrogen-bond acceptors (Lipinski definition) is 5. The van der Waals surface area contributed by atoms with Crippen LogP contribution in [0.5, 0.6) is 6.01 Å². The number of nitrogens with zero attached hydrogens (tertiary/aromatic N) is 3. The molecule has 4 rings (SSSR count). The molecule has 2 amide bonds. The third-order valence-electron chi connectivity index (χ3n) is 6.19. The highest BCUT2D eigenvalue weighted by molar-refractivity contribution is 5.91. The number of aromatic amines is 1. The lowest BCUT2D eigenvalue weighted by Gasteiger charge is -2.32. The fourth-order valence-corrected chi connectivity index (χ4v) is 4.44. The number of amides is 2. The molecule has 1 aliphatic carbocycles. The largest absolute Gasteiger partial charge is 0.419 e. The Labute approximate surface area is 187 Å². The van der Waals surface area contributed by atoms with E-state index < -0.39 is 6.09 Å². The van der Waals surface area contributed by atoms with Crippen molar-refractivity contribution < 1.29 is 14.3 Å². The number of hydrogen-bond donors (Lipinski definition) is 2. The second-order valence-electron chi connectivity index (χ2n) is 8.29. The lowest BCUT2D eigenvalue weighted by atomic mass is 9.85. The van der Waals surface area contributed by atoms with Crippen molar-refractivity contribution >= 4 is 23.3 Å². The zero-order valence-corrected chi connectivity index (χ0v) is 18.2. The Morgan fingerprint density at radius 1 is 1.28 bits per heavy atom. The van der Waals surface area contributed by atoms with Gasteiger partial charge in [-0.25, -0.2) is 9.78 Å². The number of benzene rings is 1. The van der Waals surface area contributed by atoms with Crippen LogP contribution in [0.2, 0.25) is 0 Å². The molecule has 166 valence electrons. The monoisotopic (exact) mass is 433 g/mol. The quantitative estimate of drug-likeness (QED) is 0.733. The van der Waals surface area contributed by atoms with E-state index in [0.29, 0.717) is 11.6 Å². The van der Waals surface area contributed by atoms with Crippen molar-refractivity contribution in [2.45, 2.75) is 51.4 Å². The first-order valence-corrected chi connectivity index (χ1v) is 11.1. The maximum atomic E-state index is 12.5. The summed E-state index contributed by atoms with van der Waals surface area (Å²) >= 11 is 0. The Morgan fingerprint density at radius 2 is 2.09 bits per heavy atom. The number of H-pyrrole nitrogens is 1. The molecule has 32 heavy (non-hydrogen) atoms. The minimum Gasteiger partial charge on any atom is -0.375 e. The van der Waals surface area contributed by atoms with Gasteiger partial charge in [-0.15, -0.1) is 0 Å². The number of allylic oxidation sites excluding steroid dienone is 2. The molecule has 2 aromatic rings. The van der Waals surface area contributed by atoms with Crippen LogP contribution in [-0.4, -0.2) is 40.0 Å². The average Bonchev–Trinajstić information content (AvgIpc) is 3.27. The number of likely N-dealkylation sites (tertiary alicyclic amines) is 1. The Hall–Kier alpha value is -3.60. The Bertz CT molecular complexity index is 1070. The summed E-state index contributed by atoms with van der Waals surface area (Å²) in [5, 5.41) is 11.7. The van der Waals surface area contributed by atoms with Crippen molar-refractivity contribution in [2.75, 3.05) is 18.4 Å². The van der Waals surface area contributed by atoms with Gasteiger partial charge in [0.05, 0.1) is 11.9 Å². The smallest absolute Gasteiger partial charge is 0.375 e. The fraction of sp³-hybridized carbons (Fsp3) is 0.417. The van der Waals surface area contributed by atoms with E-state index in [2.05, 4.69) is 33.5 Å². The van der Waals surface area contributed by atoms with Crippen LogP contribution in [0.3, 0.4) is 0 Å². The first kappa shape index (κ1) is 21.6. The van der Waals surface area contributed by atoms with Crippen LogP contribution in [0.25, 0.3) is 5.57 Å². The van der Waals surface area contributed by atoms with Crippen molar-refractivity contribution in [1.82, 2.24) is 14.9 Å². The van der Waals surface area contributed by atoms with Crippen molar-refractivity contribution in [3.8, 4) is 12.1 Å². The Balaban J connectivity index is 1.53. The lowest BCUT2D eigenvalue weighted by molar-refractivity contribution is -0.129. The third kappa shape index (κ3) is 4.99. The minimum atomic E-state index is -0.663. The molecule has 2 heterocycles. The fourth-order valence-electron chi connectivity index (χ4n) is 4.44. The van der Waals surface area contributed by atoms with E-state index in [1.165, 1.54) is 23.8 Å². The van der Waals surface area contributed by atoms with Crippen molar-refractivity contribution in [1.29, 1.82) is 5.26 Å². The number of piperidine rings is 1. The maximum Gasteiger partial charge on any atom is 0.419 e. The standard InChI is InChI=1S/C24H27N5O3/c1-16(30)29-11-9-17(10-12-29)19-7-8-22(21(13-19)18-5-3-2-4-6-18)28-24(31)32-23-26-15-20(14-25)27-23/h5,7-8,13,15,17H,2-4,6,9-12H2,1H3,(H,26,27)(H,28,31). The van der Waals surface area contributed by atoms with Gasteiger partial charge in [-0.2, -0.15) is 5.26 Å². The van der Waals surface area contributed by atoms with Crippen molar-refractivity contribution in [2.24, 2.45) is 0 Å². The number of ether oxygens (including phenoxy) is 1. The molecule has 8 heteroatoms. The molecule has 8 nitrogen and oxygen atoms in total. The van der Waals surface area contributed by atoms with Gasteiger partial charge in [-0.1, -0.05) is 12.1 Å².